The molecule has 33 heavy (non-hydrogen) atoms. The first-order chi connectivity index (χ1) is 15.9. The third-order valence-corrected chi connectivity index (χ3v) is 7.21. The molecule has 1 aliphatic heterocycles. The minimum Gasteiger partial charge on any atom is -0.351 e. The van der Waals surface area contributed by atoms with Crippen LogP contribution in [0.5, 0.6) is 0 Å². The molecule has 0 aliphatic carbocycles. The topological polar surface area (TPSA) is 45.2 Å². The fraction of sp³-hybridized carbons (Fsp3) is 0.308. The molecule has 1 aliphatic rings. The van der Waals surface area contributed by atoms with Crippen molar-refractivity contribution in [1.29, 1.82) is 0 Å². The van der Waals surface area contributed by atoms with Crippen LogP contribution < -0.4 is 5.32 Å². The third kappa shape index (κ3) is 6.07. The molecule has 0 saturated carbocycles. The number of rotatable bonds is 7. The van der Waals surface area contributed by atoms with E-state index in [1.807, 2.05) is 36.4 Å². The lowest BCUT2D eigenvalue weighted by Gasteiger charge is -2.44. The van der Waals surface area contributed by atoms with Gasteiger partial charge in [-0.25, -0.2) is 4.98 Å². The molecule has 2 aromatic carbocycles. The number of carbonyl (C=O) groups excluding carboxylic acids is 1. The summed E-state index contributed by atoms with van der Waals surface area (Å²) in [5.74, 6) is -0.210. The lowest BCUT2D eigenvalue weighted by atomic mass is 9.72. The van der Waals surface area contributed by atoms with E-state index >= 15 is 0 Å². The van der Waals surface area contributed by atoms with Gasteiger partial charge in [0, 0.05) is 37.0 Å². The van der Waals surface area contributed by atoms with E-state index in [2.05, 4.69) is 39.5 Å². The maximum absolute atomic E-state index is 12.9. The number of halogens is 3. The molecule has 0 bridgehead atoms. The standard InChI is InChI=1S/C26H26Cl3N3O/c27-22-16-20(17-23(28)31-22)25(33)30-18-26(21-9-5-2-6-10-21)11-13-32(14-12-26)24(29)15-19-7-3-1-4-8-19/h1-10,16-17,24H,11-15,18H2,(H,30,33). The van der Waals surface area contributed by atoms with Gasteiger partial charge in [-0.05, 0) is 36.1 Å². The summed E-state index contributed by atoms with van der Waals surface area (Å²) in [7, 11) is 0. The van der Waals surface area contributed by atoms with E-state index in [4.69, 9.17) is 34.8 Å². The maximum atomic E-state index is 12.9. The molecule has 2 heterocycles. The van der Waals surface area contributed by atoms with Gasteiger partial charge in [0.15, 0.2) is 0 Å². The van der Waals surface area contributed by atoms with Crippen LogP contribution in [0.2, 0.25) is 10.3 Å². The highest BCUT2D eigenvalue weighted by Crippen LogP contribution is 2.36. The minimum atomic E-state index is -0.210. The highest BCUT2D eigenvalue weighted by Gasteiger charge is 2.38. The number of nitrogens with one attached hydrogen (secondary N) is 1. The van der Waals surface area contributed by atoms with Crippen LogP contribution in [-0.4, -0.2) is 40.9 Å². The molecule has 0 radical (unpaired) electrons. The van der Waals surface area contributed by atoms with Crippen LogP contribution in [0.25, 0.3) is 0 Å². The minimum absolute atomic E-state index is 0.0585. The number of alkyl halides is 1. The van der Waals surface area contributed by atoms with Gasteiger partial charge >= 0.3 is 0 Å². The van der Waals surface area contributed by atoms with Crippen LogP contribution in [0.3, 0.4) is 0 Å². The number of benzene rings is 2. The van der Waals surface area contributed by atoms with Crippen LogP contribution in [-0.2, 0) is 11.8 Å². The summed E-state index contributed by atoms with van der Waals surface area (Å²) in [5, 5.41) is 3.51. The van der Waals surface area contributed by atoms with Crippen LogP contribution in [0.4, 0.5) is 0 Å². The second kappa shape index (κ2) is 10.9. The molecule has 1 aromatic heterocycles. The first-order valence-electron chi connectivity index (χ1n) is 11.0. The van der Waals surface area contributed by atoms with Crippen molar-refractivity contribution in [3.8, 4) is 0 Å². The van der Waals surface area contributed by atoms with E-state index in [1.54, 1.807) is 0 Å². The zero-order valence-corrected chi connectivity index (χ0v) is 20.5. The number of nitrogens with zero attached hydrogens (tertiary/aromatic N) is 2. The van der Waals surface area contributed by atoms with E-state index < -0.39 is 0 Å². The van der Waals surface area contributed by atoms with E-state index in [0.717, 1.165) is 32.4 Å². The Balaban J connectivity index is 1.45. The highest BCUT2D eigenvalue weighted by atomic mass is 35.5. The summed E-state index contributed by atoms with van der Waals surface area (Å²) in [6.45, 7) is 2.24. The molecule has 0 spiro atoms. The van der Waals surface area contributed by atoms with Gasteiger partial charge < -0.3 is 5.32 Å². The van der Waals surface area contributed by atoms with Gasteiger partial charge in [-0.15, -0.1) is 11.6 Å². The number of hydrogen-bond donors (Lipinski definition) is 1. The second-order valence-corrected chi connectivity index (χ2v) is 9.77. The summed E-state index contributed by atoms with van der Waals surface area (Å²) in [4.78, 5) is 19.1. The lowest BCUT2D eigenvalue weighted by Crippen LogP contribution is -2.50. The van der Waals surface area contributed by atoms with Crippen LogP contribution in [0, 0.1) is 0 Å². The molecule has 1 saturated heterocycles. The van der Waals surface area contributed by atoms with E-state index in [-0.39, 0.29) is 27.1 Å². The summed E-state index contributed by atoms with van der Waals surface area (Å²) in [6, 6.07) is 23.8. The van der Waals surface area contributed by atoms with Crippen molar-refractivity contribution in [3.05, 3.63) is 99.8 Å². The predicted molar refractivity (Wildman–Crippen MR) is 135 cm³/mol. The van der Waals surface area contributed by atoms with Gasteiger partial charge in [-0.3, -0.25) is 9.69 Å². The molecule has 7 heteroatoms. The number of aromatic nitrogens is 1. The highest BCUT2D eigenvalue weighted by molar-refractivity contribution is 6.33. The molecule has 1 amide bonds. The van der Waals surface area contributed by atoms with Gasteiger partial charge in [-0.1, -0.05) is 83.9 Å². The van der Waals surface area contributed by atoms with Crippen molar-refractivity contribution in [3.63, 3.8) is 0 Å². The fourth-order valence-electron chi connectivity index (χ4n) is 4.48. The van der Waals surface area contributed by atoms with Gasteiger partial charge in [0.05, 0.1) is 5.50 Å². The smallest absolute Gasteiger partial charge is 0.251 e. The number of amides is 1. The number of carbonyl (C=O) groups is 1. The van der Waals surface area contributed by atoms with Crippen molar-refractivity contribution in [2.75, 3.05) is 19.6 Å². The van der Waals surface area contributed by atoms with Gasteiger partial charge in [-0.2, -0.15) is 0 Å². The first-order valence-corrected chi connectivity index (χ1v) is 12.2. The van der Waals surface area contributed by atoms with Crippen molar-refractivity contribution >= 4 is 40.7 Å². The van der Waals surface area contributed by atoms with E-state index in [0.29, 0.717) is 12.1 Å². The molecular formula is C26H26Cl3N3O. The largest absolute Gasteiger partial charge is 0.351 e. The molecule has 1 unspecified atom stereocenters. The Kier molecular flexibility index (Phi) is 7.92. The number of likely N-dealkylation sites (tertiary alicyclic amines) is 1. The van der Waals surface area contributed by atoms with Crippen molar-refractivity contribution in [2.24, 2.45) is 0 Å². The lowest BCUT2D eigenvalue weighted by molar-refractivity contribution is 0.0916. The van der Waals surface area contributed by atoms with Gasteiger partial charge in [0.2, 0.25) is 0 Å². The zero-order chi connectivity index (χ0) is 23.3. The van der Waals surface area contributed by atoms with Crippen LogP contribution in [0.15, 0.2) is 72.8 Å². The monoisotopic (exact) mass is 501 g/mol. The SMILES string of the molecule is O=C(NCC1(c2ccccc2)CCN(C(Cl)Cc2ccccc2)CC1)c1cc(Cl)nc(Cl)c1. The molecule has 1 atom stereocenters. The van der Waals surface area contributed by atoms with Crippen molar-refractivity contribution < 1.29 is 4.79 Å². The Labute approximate surface area is 209 Å². The predicted octanol–water partition coefficient (Wildman–Crippen LogP) is 5.96. The normalized spacial score (nSPS) is 16.8. The number of hydrogen-bond acceptors (Lipinski definition) is 3. The van der Waals surface area contributed by atoms with Crippen LogP contribution in [0.1, 0.15) is 34.3 Å². The third-order valence-electron chi connectivity index (χ3n) is 6.40. The average molecular weight is 503 g/mol. The average Bonchev–Trinajstić information content (AvgIpc) is 2.83. The molecule has 172 valence electrons. The van der Waals surface area contributed by atoms with Crippen LogP contribution >= 0.6 is 34.8 Å². The van der Waals surface area contributed by atoms with E-state index in [1.165, 1.54) is 23.3 Å². The summed E-state index contributed by atoms with van der Waals surface area (Å²) in [6.07, 6.45) is 2.60. The second-order valence-electron chi connectivity index (χ2n) is 8.49. The van der Waals surface area contributed by atoms with Gasteiger partial charge in [0.25, 0.3) is 5.91 Å². The molecule has 4 rings (SSSR count). The van der Waals surface area contributed by atoms with Crippen molar-refractivity contribution in [2.45, 2.75) is 30.2 Å². The summed E-state index contributed by atoms with van der Waals surface area (Å²) >= 11 is 18.7. The fourth-order valence-corrected chi connectivity index (χ4v) is 5.31. The molecule has 1 N–H and O–H groups in total. The Bertz CT molecular complexity index is 1050. The maximum Gasteiger partial charge on any atom is 0.251 e. The first kappa shape index (κ1) is 24.0. The number of piperidine rings is 1. The molecule has 3 aromatic rings. The Hall–Kier alpha value is -2.11. The Morgan fingerprint density at radius 1 is 0.970 bits per heavy atom. The zero-order valence-electron chi connectivity index (χ0n) is 18.2. The molecule has 1 fully saturated rings. The molecule has 4 nitrogen and oxygen atoms in total. The number of pyridine rings is 1. The Morgan fingerprint density at radius 3 is 2.15 bits per heavy atom. The summed E-state index contributed by atoms with van der Waals surface area (Å²) < 4.78 is 0. The molecular weight excluding hydrogens is 477 g/mol. The van der Waals surface area contributed by atoms with E-state index in [9.17, 15) is 4.79 Å². The Morgan fingerprint density at radius 2 is 1.55 bits per heavy atom. The van der Waals surface area contributed by atoms with Gasteiger partial charge in [0.1, 0.15) is 10.3 Å². The van der Waals surface area contributed by atoms with Crippen molar-refractivity contribution in [1.82, 2.24) is 15.2 Å². The quantitative estimate of drug-likeness (QED) is 0.246. The summed E-state index contributed by atoms with van der Waals surface area (Å²) in [5.41, 5.74) is 2.64.